The van der Waals surface area contributed by atoms with Gasteiger partial charge in [0.2, 0.25) is 0 Å². The van der Waals surface area contributed by atoms with Crippen LogP contribution in [0.25, 0.3) is 0 Å². The van der Waals surface area contributed by atoms with E-state index in [1.54, 1.807) is 6.07 Å². The quantitative estimate of drug-likeness (QED) is 0.814. The fourth-order valence-corrected chi connectivity index (χ4v) is 1.56. The van der Waals surface area contributed by atoms with Crippen molar-refractivity contribution in [3.05, 3.63) is 35.1 Å². The van der Waals surface area contributed by atoms with Gasteiger partial charge < -0.3 is 5.11 Å². The second-order valence-corrected chi connectivity index (χ2v) is 4.62. The van der Waals surface area contributed by atoms with Gasteiger partial charge in [0.05, 0.1) is 6.42 Å². The number of carboxylic acid groups (broad SMARTS) is 1. The SMILES string of the molecule is CC(C)(C)c1cc(F)ccc1CC(=O)O. The first-order valence-corrected chi connectivity index (χ1v) is 4.81. The zero-order valence-corrected chi connectivity index (χ0v) is 9.17. The van der Waals surface area contributed by atoms with Crippen LogP contribution in [0.4, 0.5) is 4.39 Å². The average molecular weight is 210 g/mol. The standard InChI is InChI=1S/C12H15FO2/c1-12(2,3)10-7-9(13)5-4-8(10)6-11(14)15/h4-5,7H,6H2,1-3H3,(H,14,15). The number of hydrogen-bond acceptors (Lipinski definition) is 1. The van der Waals surface area contributed by atoms with E-state index in [-0.39, 0.29) is 17.7 Å². The highest BCUT2D eigenvalue weighted by molar-refractivity contribution is 5.71. The molecular weight excluding hydrogens is 195 g/mol. The zero-order chi connectivity index (χ0) is 11.6. The van der Waals surface area contributed by atoms with Crippen molar-refractivity contribution in [3.63, 3.8) is 0 Å². The van der Waals surface area contributed by atoms with Gasteiger partial charge in [-0.1, -0.05) is 26.8 Å². The van der Waals surface area contributed by atoms with Gasteiger partial charge in [-0.15, -0.1) is 0 Å². The van der Waals surface area contributed by atoms with E-state index < -0.39 is 5.97 Å². The predicted molar refractivity (Wildman–Crippen MR) is 56.4 cm³/mol. The van der Waals surface area contributed by atoms with Crippen LogP contribution >= 0.6 is 0 Å². The number of hydrogen-bond donors (Lipinski definition) is 1. The van der Waals surface area contributed by atoms with E-state index in [0.29, 0.717) is 5.56 Å². The Morgan fingerprint density at radius 2 is 2.00 bits per heavy atom. The molecule has 3 heteroatoms. The lowest BCUT2D eigenvalue weighted by atomic mass is 9.83. The highest BCUT2D eigenvalue weighted by Crippen LogP contribution is 2.27. The molecule has 0 amide bonds. The third-order valence-corrected chi connectivity index (χ3v) is 2.22. The number of benzene rings is 1. The molecule has 0 saturated carbocycles. The molecule has 1 rings (SSSR count). The van der Waals surface area contributed by atoms with Crippen LogP contribution in [0.2, 0.25) is 0 Å². The van der Waals surface area contributed by atoms with Crippen LogP contribution in [-0.2, 0) is 16.6 Å². The minimum absolute atomic E-state index is 0.0626. The Balaban J connectivity index is 3.20. The summed E-state index contributed by atoms with van der Waals surface area (Å²) in [6.45, 7) is 5.81. The zero-order valence-electron chi connectivity index (χ0n) is 9.17. The highest BCUT2D eigenvalue weighted by atomic mass is 19.1. The van der Waals surface area contributed by atoms with E-state index in [4.69, 9.17) is 5.11 Å². The van der Waals surface area contributed by atoms with E-state index in [9.17, 15) is 9.18 Å². The van der Waals surface area contributed by atoms with E-state index >= 15 is 0 Å². The van der Waals surface area contributed by atoms with Gasteiger partial charge in [0.25, 0.3) is 0 Å². The third-order valence-electron chi connectivity index (χ3n) is 2.22. The molecule has 0 spiro atoms. The second kappa shape index (κ2) is 4.01. The molecule has 1 aromatic rings. The normalized spacial score (nSPS) is 11.5. The third kappa shape index (κ3) is 3.05. The molecule has 0 fully saturated rings. The van der Waals surface area contributed by atoms with Gasteiger partial charge >= 0.3 is 5.97 Å². The van der Waals surface area contributed by atoms with Crippen LogP contribution < -0.4 is 0 Å². The van der Waals surface area contributed by atoms with Crippen molar-refractivity contribution < 1.29 is 14.3 Å². The minimum atomic E-state index is -0.896. The summed E-state index contributed by atoms with van der Waals surface area (Å²) in [4.78, 5) is 10.6. The molecule has 2 nitrogen and oxygen atoms in total. The molecular formula is C12H15FO2. The van der Waals surface area contributed by atoms with Crippen molar-refractivity contribution in [2.24, 2.45) is 0 Å². The van der Waals surface area contributed by atoms with Crippen LogP contribution in [0.3, 0.4) is 0 Å². The maximum absolute atomic E-state index is 13.1. The summed E-state index contributed by atoms with van der Waals surface area (Å²) >= 11 is 0. The second-order valence-electron chi connectivity index (χ2n) is 4.62. The monoisotopic (exact) mass is 210 g/mol. The minimum Gasteiger partial charge on any atom is -0.481 e. The van der Waals surface area contributed by atoms with Gasteiger partial charge in [0, 0.05) is 0 Å². The lowest BCUT2D eigenvalue weighted by Crippen LogP contribution is -2.16. The molecule has 0 radical (unpaired) electrons. The summed E-state index contributed by atoms with van der Waals surface area (Å²) in [5.74, 6) is -1.22. The fourth-order valence-electron chi connectivity index (χ4n) is 1.56. The van der Waals surface area contributed by atoms with E-state index in [2.05, 4.69) is 0 Å². The first-order chi connectivity index (χ1) is 6.80. The molecule has 82 valence electrons. The molecule has 0 aliphatic heterocycles. The van der Waals surface area contributed by atoms with Gasteiger partial charge in [0.1, 0.15) is 5.82 Å². The highest BCUT2D eigenvalue weighted by Gasteiger charge is 2.19. The molecule has 0 atom stereocenters. The molecule has 15 heavy (non-hydrogen) atoms. The lowest BCUT2D eigenvalue weighted by molar-refractivity contribution is -0.136. The number of halogens is 1. The largest absolute Gasteiger partial charge is 0.481 e. The lowest BCUT2D eigenvalue weighted by Gasteiger charge is -2.22. The van der Waals surface area contributed by atoms with Crippen LogP contribution in [-0.4, -0.2) is 11.1 Å². The maximum Gasteiger partial charge on any atom is 0.307 e. The van der Waals surface area contributed by atoms with Crippen molar-refractivity contribution in [2.45, 2.75) is 32.6 Å². The molecule has 1 N–H and O–H groups in total. The summed E-state index contributed by atoms with van der Waals surface area (Å²) in [5.41, 5.74) is 1.19. The van der Waals surface area contributed by atoms with E-state index in [0.717, 1.165) is 5.56 Å². The fraction of sp³-hybridized carbons (Fsp3) is 0.417. The first kappa shape index (κ1) is 11.7. The molecule has 0 unspecified atom stereocenters. The van der Waals surface area contributed by atoms with E-state index in [1.165, 1.54) is 12.1 Å². The van der Waals surface area contributed by atoms with Gasteiger partial charge in [0.15, 0.2) is 0 Å². The van der Waals surface area contributed by atoms with Crippen LogP contribution in [0.15, 0.2) is 18.2 Å². The smallest absolute Gasteiger partial charge is 0.307 e. The van der Waals surface area contributed by atoms with Gasteiger partial charge in [-0.3, -0.25) is 4.79 Å². The Kier molecular flexibility index (Phi) is 3.12. The summed E-state index contributed by atoms with van der Waals surface area (Å²) in [6.07, 6.45) is -0.0626. The Morgan fingerprint density at radius 3 is 2.47 bits per heavy atom. The number of carbonyl (C=O) groups is 1. The van der Waals surface area contributed by atoms with Crippen molar-refractivity contribution >= 4 is 5.97 Å². The average Bonchev–Trinajstić information content (AvgIpc) is 2.05. The molecule has 0 aliphatic carbocycles. The van der Waals surface area contributed by atoms with Crippen molar-refractivity contribution in [2.75, 3.05) is 0 Å². The molecule has 0 saturated heterocycles. The van der Waals surface area contributed by atoms with E-state index in [1.807, 2.05) is 20.8 Å². The number of aliphatic carboxylic acids is 1. The van der Waals surface area contributed by atoms with Crippen molar-refractivity contribution in [1.29, 1.82) is 0 Å². The Morgan fingerprint density at radius 1 is 1.40 bits per heavy atom. The Hall–Kier alpha value is -1.38. The van der Waals surface area contributed by atoms with Gasteiger partial charge in [-0.25, -0.2) is 4.39 Å². The first-order valence-electron chi connectivity index (χ1n) is 4.81. The van der Waals surface area contributed by atoms with Crippen molar-refractivity contribution in [3.8, 4) is 0 Å². The summed E-state index contributed by atoms with van der Waals surface area (Å²) < 4.78 is 13.1. The summed E-state index contributed by atoms with van der Waals surface area (Å²) in [5, 5.41) is 8.73. The summed E-state index contributed by atoms with van der Waals surface area (Å²) in [7, 11) is 0. The Bertz CT molecular complexity index is 378. The Labute approximate surface area is 88.7 Å². The topological polar surface area (TPSA) is 37.3 Å². The molecule has 1 aromatic carbocycles. The van der Waals surface area contributed by atoms with Crippen LogP contribution in [0.1, 0.15) is 31.9 Å². The maximum atomic E-state index is 13.1. The van der Waals surface area contributed by atoms with Crippen LogP contribution in [0, 0.1) is 5.82 Å². The van der Waals surface area contributed by atoms with Gasteiger partial charge in [-0.2, -0.15) is 0 Å². The summed E-state index contributed by atoms with van der Waals surface area (Å²) in [6, 6.07) is 4.26. The molecule has 0 aliphatic rings. The molecule has 0 aromatic heterocycles. The number of carboxylic acids is 1. The number of rotatable bonds is 2. The van der Waals surface area contributed by atoms with Crippen LogP contribution in [0.5, 0.6) is 0 Å². The predicted octanol–water partition coefficient (Wildman–Crippen LogP) is 2.75. The van der Waals surface area contributed by atoms with Crippen molar-refractivity contribution in [1.82, 2.24) is 0 Å². The molecule has 0 bridgehead atoms. The molecule has 0 heterocycles. The van der Waals surface area contributed by atoms with Gasteiger partial charge in [-0.05, 0) is 28.7 Å².